The highest BCUT2D eigenvalue weighted by atomic mass is 16.2. The largest absolute Gasteiger partial charge is 0.322 e. The van der Waals surface area contributed by atoms with Gasteiger partial charge in [0, 0.05) is 52.2 Å². The molecule has 0 aromatic carbocycles. The lowest BCUT2D eigenvalue weighted by molar-refractivity contribution is 0.142. The van der Waals surface area contributed by atoms with Crippen LogP contribution in [-0.4, -0.2) is 51.6 Å². The predicted octanol–water partition coefficient (Wildman–Crippen LogP) is 1.44. The molecule has 0 saturated carbocycles. The van der Waals surface area contributed by atoms with Crippen molar-refractivity contribution in [1.29, 1.82) is 0 Å². The Labute approximate surface area is 146 Å². The summed E-state index contributed by atoms with van der Waals surface area (Å²) < 4.78 is 1.47. The Kier molecular flexibility index (Phi) is 5.14. The zero-order valence-electron chi connectivity index (χ0n) is 14.6. The molecule has 2 aromatic rings. The lowest BCUT2D eigenvalue weighted by Gasteiger charge is -2.34. The molecule has 2 aromatic heterocycles. The van der Waals surface area contributed by atoms with Crippen LogP contribution in [0.15, 0.2) is 41.5 Å². The third-order valence-electron chi connectivity index (χ3n) is 4.48. The lowest BCUT2D eigenvalue weighted by atomic mass is 10.2. The molecule has 0 atom stereocenters. The normalized spacial score (nSPS) is 15.2. The van der Waals surface area contributed by atoms with Gasteiger partial charge in [0.2, 0.25) is 0 Å². The highest BCUT2D eigenvalue weighted by Gasteiger charge is 2.22. The second-order valence-electron chi connectivity index (χ2n) is 6.30. The highest BCUT2D eigenvalue weighted by Crippen LogP contribution is 2.11. The van der Waals surface area contributed by atoms with Gasteiger partial charge in [-0.2, -0.15) is 0 Å². The van der Waals surface area contributed by atoms with E-state index >= 15 is 0 Å². The van der Waals surface area contributed by atoms with Gasteiger partial charge >= 0.3 is 6.03 Å². The van der Waals surface area contributed by atoms with Crippen LogP contribution < -0.4 is 10.9 Å². The smallest absolute Gasteiger partial charge is 0.322 e. The molecule has 0 radical (unpaired) electrons. The molecule has 7 nitrogen and oxygen atoms in total. The van der Waals surface area contributed by atoms with Crippen LogP contribution in [0.25, 0.3) is 0 Å². The van der Waals surface area contributed by atoms with Crippen molar-refractivity contribution < 1.29 is 4.79 Å². The third-order valence-corrected chi connectivity index (χ3v) is 4.48. The van der Waals surface area contributed by atoms with Crippen molar-refractivity contribution in [1.82, 2.24) is 19.4 Å². The van der Waals surface area contributed by atoms with Gasteiger partial charge in [-0.15, -0.1) is 0 Å². The summed E-state index contributed by atoms with van der Waals surface area (Å²) in [5, 5.41) is 2.78. The number of nitrogens with zero attached hydrogens (tertiary/aromatic N) is 4. The minimum absolute atomic E-state index is 0.192. The monoisotopic (exact) mass is 341 g/mol. The molecule has 3 rings (SSSR count). The van der Waals surface area contributed by atoms with Gasteiger partial charge in [0.25, 0.3) is 5.56 Å². The number of piperazine rings is 1. The van der Waals surface area contributed by atoms with Gasteiger partial charge in [0.1, 0.15) is 5.69 Å². The molecule has 0 aliphatic carbocycles. The first-order valence-corrected chi connectivity index (χ1v) is 8.39. The van der Waals surface area contributed by atoms with E-state index in [0.29, 0.717) is 18.8 Å². The number of aromatic nitrogens is 2. The maximum Gasteiger partial charge on any atom is 0.322 e. The van der Waals surface area contributed by atoms with Gasteiger partial charge in [-0.3, -0.25) is 14.7 Å². The molecule has 3 heterocycles. The minimum atomic E-state index is -0.219. The minimum Gasteiger partial charge on any atom is -0.322 e. The van der Waals surface area contributed by atoms with E-state index in [-0.39, 0.29) is 11.6 Å². The van der Waals surface area contributed by atoms with Gasteiger partial charge in [-0.1, -0.05) is 6.07 Å². The van der Waals surface area contributed by atoms with Crippen molar-refractivity contribution in [3.63, 3.8) is 0 Å². The number of anilines is 1. The van der Waals surface area contributed by atoms with Crippen LogP contribution in [0, 0.1) is 6.92 Å². The molecule has 7 heteroatoms. The van der Waals surface area contributed by atoms with Crippen LogP contribution in [0.5, 0.6) is 0 Å². The summed E-state index contributed by atoms with van der Waals surface area (Å²) in [5.41, 5.74) is 1.96. The predicted molar refractivity (Wildman–Crippen MR) is 96.5 cm³/mol. The lowest BCUT2D eigenvalue weighted by Crippen LogP contribution is -2.50. The van der Waals surface area contributed by atoms with E-state index in [1.165, 1.54) is 4.57 Å². The quantitative estimate of drug-likeness (QED) is 0.917. The van der Waals surface area contributed by atoms with E-state index in [2.05, 4.69) is 15.2 Å². The van der Waals surface area contributed by atoms with Crippen molar-refractivity contribution in [3.8, 4) is 0 Å². The van der Waals surface area contributed by atoms with Crippen LogP contribution in [0.2, 0.25) is 0 Å². The average Bonchev–Trinajstić information content (AvgIpc) is 2.63. The zero-order valence-corrected chi connectivity index (χ0v) is 14.6. The second kappa shape index (κ2) is 7.48. The third kappa shape index (κ3) is 4.06. The molecule has 0 unspecified atom stereocenters. The molecule has 2 amide bonds. The van der Waals surface area contributed by atoms with Gasteiger partial charge in [-0.25, -0.2) is 4.79 Å². The molecule has 0 bridgehead atoms. The fraction of sp³-hybridized carbons (Fsp3) is 0.389. The Balaban J connectivity index is 1.57. The number of urea groups is 1. The van der Waals surface area contributed by atoms with E-state index in [0.717, 1.165) is 30.9 Å². The average molecular weight is 341 g/mol. The van der Waals surface area contributed by atoms with Gasteiger partial charge in [0.05, 0.1) is 5.69 Å². The molecule has 1 saturated heterocycles. The summed E-state index contributed by atoms with van der Waals surface area (Å²) >= 11 is 0. The first-order valence-electron chi connectivity index (χ1n) is 8.39. The molecule has 1 fully saturated rings. The Bertz CT molecular complexity index is 795. The summed E-state index contributed by atoms with van der Waals surface area (Å²) in [6.07, 6.45) is 3.49. The van der Waals surface area contributed by atoms with Crippen molar-refractivity contribution >= 4 is 11.7 Å². The Morgan fingerprint density at radius 3 is 2.64 bits per heavy atom. The number of carbonyl (C=O) groups excluding carboxylic acids is 1. The van der Waals surface area contributed by atoms with Crippen molar-refractivity contribution in [2.45, 2.75) is 13.5 Å². The molecule has 1 aliphatic rings. The number of nitrogens with one attached hydrogen (secondary N) is 1. The number of rotatable bonds is 3. The van der Waals surface area contributed by atoms with E-state index in [1.807, 2.05) is 31.2 Å². The number of hydrogen-bond donors (Lipinski definition) is 1. The molecular formula is C18H23N5O2. The Morgan fingerprint density at radius 2 is 1.96 bits per heavy atom. The van der Waals surface area contributed by atoms with Gasteiger partial charge in [-0.05, 0) is 30.7 Å². The first kappa shape index (κ1) is 17.2. The van der Waals surface area contributed by atoms with Crippen molar-refractivity contribution in [2.75, 3.05) is 31.5 Å². The van der Waals surface area contributed by atoms with Gasteiger partial charge < -0.3 is 14.8 Å². The number of hydrogen-bond acceptors (Lipinski definition) is 4. The summed E-state index contributed by atoms with van der Waals surface area (Å²) in [6, 6.07) is 7.49. The van der Waals surface area contributed by atoms with E-state index in [1.54, 1.807) is 24.3 Å². The van der Waals surface area contributed by atoms with Crippen molar-refractivity contribution in [3.05, 3.63) is 58.3 Å². The summed E-state index contributed by atoms with van der Waals surface area (Å²) in [7, 11) is 1.67. The fourth-order valence-electron chi connectivity index (χ4n) is 2.89. The SMILES string of the molecule is Cc1ccn(C)c(=O)c1NC(=O)N1CCN(Cc2ccccn2)CC1. The summed E-state index contributed by atoms with van der Waals surface area (Å²) in [4.78, 5) is 33.0. The molecule has 1 aliphatic heterocycles. The topological polar surface area (TPSA) is 70.5 Å². The Hall–Kier alpha value is -2.67. The van der Waals surface area contributed by atoms with E-state index in [9.17, 15) is 9.59 Å². The first-order chi connectivity index (χ1) is 12.0. The molecule has 1 N–H and O–H groups in total. The molecular weight excluding hydrogens is 318 g/mol. The van der Waals surface area contributed by atoms with Crippen LogP contribution in [0.1, 0.15) is 11.3 Å². The molecule has 25 heavy (non-hydrogen) atoms. The zero-order chi connectivity index (χ0) is 17.8. The highest BCUT2D eigenvalue weighted by molar-refractivity contribution is 5.90. The standard InChI is InChI=1S/C18H23N5O2/c1-14-6-8-21(2)17(24)16(14)20-18(25)23-11-9-22(10-12-23)13-15-5-3-4-7-19-15/h3-8H,9-13H2,1-2H3,(H,20,25). The molecule has 0 spiro atoms. The number of amides is 2. The van der Waals surface area contributed by atoms with Crippen molar-refractivity contribution in [2.24, 2.45) is 7.05 Å². The van der Waals surface area contributed by atoms with E-state index in [4.69, 9.17) is 0 Å². The molecule has 132 valence electrons. The van der Waals surface area contributed by atoms with Crippen LogP contribution in [0.3, 0.4) is 0 Å². The van der Waals surface area contributed by atoms with Crippen LogP contribution in [0.4, 0.5) is 10.5 Å². The summed E-state index contributed by atoms with van der Waals surface area (Å²) in [5.74, 6) is 0. The fourth-order valence-corrected chi connectivity index (χ4v) is 2.89. The van der Waals surface area contributed by atoms with Crippen LogP contribution in [-0.2, 0) is 13.6 Å². The van der Waals surface area contributed by atoms with Gasteiger partial charge in [0.15, 0.2) is 0 Å². The Morgan fingerprint density at radius 1 is 1.20 bits per heavy atom. The second-order valence-corrected chi connectivity index (χ2v) is 6.30. The number of pyridine rings is 2. The van der Waals surface area contributed by atoms with E-state index < -0.39 is 0 Å². The maximum absolute atomic E-state index is 12.5. The number of aryl methyl sites for hydroxylation is 2. The maximum atomic E-state index is 12.5. The number of carbonyl (C=O) groups is 1. The van der Waals surface area contributed by atoms with Crippen LogP contribution >= 0.6 is 0 Å². The summed E-state index contributed by atoms with van der Waals surface area (Å²) in [6.45, 7) is 5.44.